The molecule has 2 rings (SSSR count). The van der Waals surface area contributed by atoms with Crippen molar-refractivity contribution in [3.05, 3.63) is 35.9 Å². The molecule has 0 unspecified atom stereocenters. The van der Waals surface area contributed by atoms with E-state index in [4.69, 9.17) is 0 Å². The number of guanidine groups is 1. The molecule has 1 aliphatic heterocycles. The number of carbonyl (C=O) groups is 1. The summed E-state index contributed by atoms with van der Waals surface area (Å²) >= 11 is 0. The number of hydrogen-bond acceptors (Lipinski definition) is 2. The molecule has 0 saturated carbocycles. The lowest BCUT2D eigenvalue weighted by Crippen LogP contribution is -2.45. The Morgan fingerprint density at radius 2 is 2.00 bits per heavy atom. The van der Waals surface area contributed by atoms with Crippen LogP contribution < -0.4 is 10.6 Å². The van der Waals surface area contributed by atoms with E-state index in [1.165, 1.54) is 0 Å². The van der Waals surface area contributed by atoms with E-state index in [-0.39, 0.29) is 12.5 Å². The molecular formula is C17H26N4O. The highest BCUT2D eigenvalue weighted by atomic mass is 16.1. The Bertz CT molecular complexity index is 525. The van der Waals surface area contributed by atoms with Gasteiger partial charge < -0.3 is 15.5 Å². The summed E-state index contributed by atoms with van der Waals surface area (Å²) in [6, 6.07) is 9.90. The molecule has 0 atom stereocenters. The van der Waals surface area contributed by atoms with Crippen LogP contribution in [0, 0.1) is 5.41 Å². The van der Waals surface area contributed by atoms with Gasteiger partial charge in [0.15, 0.2) is 5.96 Å². The lowest BCUT2D eigenvalue weighted by atomic mass is 9.93. The number of hydrogen-bond donors (Lipinski definition) is 2. The van der Waals surface area contributed by atoms with Crippen LogP contribution in [0.3, 0.4) is 0 Å². The molecule has 0 aliphatic carbocycles. The number of nitrogens with one attached hydrogen (secondary N) is 2. The number of nitrogens with zero attached hydrogens (tertiary/aromatic N) is 2. The zero-order valence-corrected chi connectivity index (χ0v) is 13.7. The molecule has 1 amide bonds. The van der Waals surface area contributed by atoms with Gasteiger partial charge in [0.2, 0.25) is 5.91 Å². The second kappa shape index (κ2) is 7.29. The van der Waals surface area contributed by atoms with Crippen molar-refractivity contribution in [2.24, 2.45) is 10.4 Å². The van der Waals surface area contributed by atoms with Crippen LogP contribution in [-0.4, -0.2) is 43.4 Å². The van der Waals surface area contributed by atoms with E-state index < -0.39 is 0 Å². The highest BCUT2D eigenvalue weighted by Crippen LogP contribution is 2.28. The third-order valence-corrected chi connectivity index (χ3v) is 3.93. The van der Waals surface area contributed by atoms with Gasteiger partial charge in [-0.3, -0.25) is 9.79 Å². The Labute approximate surface area is 132 Å². The van der Waals surface area contributed by atoms with Gasteiger partial charge in [-0.05, 0) is 17.4 Å². The third kappa shape index (κ3) is 4.76. The first-order valence-electron chi connectivity index (χ1n) is 7.76. The van der Waals surface area contributed by atoms with Gasteiger partial charge in [0, 0.05) is 26.7 Å². The van der Waals surface area contributed by atoms with Gasteiger partial charge in [-0.2, -0.15) is 0 Å². The topological polar surface area (TPSA) is 56.7 Å². The molecular weight excluding hydrogens is 276 g/mol. The predicted octanol–water partition coefficient (Wildman–Crippen LogP) is 1.61. The predicted molar refractivity (Wildman–Crippen MR) is 89.6 cm³/mol. The first-order valence-corrected chi connectivity index (χ1v) is 7.76. The summed E-state index contributed by atoms with van der Waals surface area (Å²) in [5.74, 6) is 0.781. The molecule has 0 aromatic heterocycles. The number of amides is 1. The molecule has 1 fully saturated rings. The summed E-state index contributed by atoms with van der Waals surface area (Å²) in [5, 5.41) is 6.06. The fraction of sp³-hybridized carbons (Fsp3) is 0.529. The second-order valence-electron chi connectivity index (χ2n) is 6.50. The van der Waals surface area contributed by atoms with E-state index in [1.807, 2.05) is 30.3 Å². The van der Waals surface area contributed by atoms with Gasteiger partial charge in [-0.25, -0.2) is 0 Å². The maximum absolute atomic E-state index is 11.9. The fourth-order valence-corrected chi connectivity index (χ4v) is 2.64. The zero-order chi connectivity index (χ0) is 16.0. The van der Waals surface area contributed by atoms with E-state index in [0.29, 0.717) is 12.0 Å². The van der Waals surface area contributed by atoms with E-state index >= 15 is 0 Å². The molecule has 0 bridgehead atoms. The van der Waals surface area contributed by atoms with Gasteiger partial charge in [0.05, 0.1) is 6.54 Å². The quantitative estimate of drug-likeness (QED) is 0.656. The van der Waals surface area contributed by atoms with Gasteiger partial charge in [-0.15, -0.1) is 0 Å². The minimum Gasteiger partial charge on any atom is -0.350 e. The van der Waals surface area contributed by atoms with E-state index in [1.54, 1.807) is 7.05 Å². The second-order valence-corrected chi connectivity index (χ2v) is 6.50. The first-order chi connectivity index (χ1) is 10.5. The number of benzene rings is 1. The Morgan fingerprint density at radius 3 is 2.59 bits per heavy atom. The molecule has 1 saturated heterocycles. The molecule has 1 heterocycles. The Morgan fingerprint density at radius 1 is 1.27 bits per heavy atom. The maximum Gasteiger partial charge on any atom is 0.239 e. The molecule has 1 aromatic carbocycles. The van der Waals surface area contributed by atoms with Gasteiger partial charge in [-0.1, -0.05) is 44.2 Å². The zero-order valence-electron chi connectivity index (χ0n) is 13.7. The molecule has 22 heavy (non-hydrogen) atoms. The average Bonchev–Trinajstić information content (AvgIpc) is 2.87. The van der Waals surface area contributed by atoms with Crippen molar-refractivity contribution in [3.8, 4) is 0 Å². The van der Waals surface area contributed by atoms with Crippen molar-refractivity contribution in [1.82, 2.24) is 15.5 Å². The van der Waals surface area contributed by atoms with E-state index in [0.717, 1.165) is 31.0 Å². The van der Waals surface area contributed by atoms with Crippen LogP contribution in [0.2, 0.25) is 0 Å². The SMILES string of the molecule is CN=C(NCC(=O)NCc1ccccc1)N1CCC(C)(C)C1. The Balaban J connectivity index is 1.75. The minimum atomic E-state index is -0.0246. The largest absolute Gasteiger partial charge is 0.350 e. The van der Waals surface area contributed by atoms with Gasteiger partial charge in [0.1, 0.15) is 0 Å². The van der Waals surface area contributed by atoms with Crippen molar-refractivity contribution >= 4 is 11.9 Å². The molecule has 1 aromatic rings. The van der Waals surface area contributed by atoms with Crippen LogP contribution in [0.1, 0.15) is 25.8 Å². The Hall–Kier alpha value is -2.04. The molecule has 0 spiro atoms. The maximum atomic E-state index is 11.9. The highest BCUT2D eigenvalue weighted by Gasteiger charge is 2.30. The molecule has 120 valence electrons. The van der Waals surface area contributed by atoms with Crippen molar-refractivity contribution < 1.29 is 4.79 Å². The smallest absolute Gasteiger partial charge is 0.239 e. The van der Waals surface area contributed by atoms with Crippen molar-refractivity contribution in [2.75, 3.05) is 26.7 Å². The van der Waals surface area contributed by atoms with Crippen molar-refractivity contribution in [3.63, 3.8) is 0 Å². The fourth-order valence-electron chi connectivity index (χ4n) is 2.64. The average molecular weight is 302 g/mol. The minimum absolute atomic E-state index is 0.0246. The number of carbonyl (C=O) groups excluding carboxylic acids is 1. The van der Waals surface area contributed by atoms with Crippen LogP contribution in [0.4, 0.5) is 0 Å². The third-order valence-electron chi connectivity index (χ3n) is 3.93. The summed E-state index contributed by atoms with van der Waals surface area (Å²) in [5.41, 5.74) is 1.41. The van der Waals surface area contributed by atoms with Crippen LogP contribution >= 0.6 is 0 Å². The molecule has 5 nitrogen and oxygen atoms in total. The van der Waals surface area contributed by atoms with E-state index in [9.17, 15) is 4.79 Å². The standard InChI is InChI=1S/C17H26N4O/c1-17(2)9-10-21(13-17)16(18-3)20-12-15(22)19-11-14-7-5-4-6-8-14/h4-8H,9-13H2,1-3H3,(H,18,20)(H,19,22). The van der Waals surface area contributed by atoms with Crippen molar-refractivity contribution in [2.45, 2.75) is 26.8 Å². The summed E-state index contributed by atoms with van der Waals surface area (Å²) < 4.78 is 0. The van der Waals surface area contributed by atoms with Crippen LogP contribution in [0.25, 0.3) is 0 Å². The summed E-state index contributed by atoms with van der Waals surface area (Å²) in [6.45, 7) is 7.27. The van der Waals surface area contributed by atoms with Gasteiger partial charge >= 0.3 is 0 Å². The summed E-state index contributed by atoms with van der Waals surface area (Å²) in [4.78, 5) is 18.4. The molecule has 1 aliphatic rings. The monoisotopic (exact) mass is 302 g/mol. The number of likely N-dealkylation sites (tertiary alicyclic amines) is 1. The van der Waals surface area contributed by atoms with E-state index in [2.05, 4.69) is 34.4 Å². The normalized spacial score (nSPS) is 17.4. The first kappa shape index (κ1) is 16.3. The van der Waals surface area contributed by atoms with Crippen molar-refractivity contribution in [1.29, 1.82) is 0 Å². The highest BCUT2D eigenvalue weighted by molar-refractivity contribution is 5.86. The molecule has 0 radical (unpaired) electrons. The number of aliphatic imine (C=N–C) groups is 1. The Kier molecular flexibility index (Phi) is 5.41. The summed E-state index contributed by atoms with van der Waals surface area (Å²) in [6.07, 6.45) is 1.15. The van der Waals surface area contributed by atoms with Gasteiger partial charge in [0.25, 0.3) is 0 Å². The molecule has 2 N–H and O–H groups in total. The number of rotatable bonds is 4. The molecule has 5 heteroatoms. The van der Waals surface area contributed by atoms with Crippen LogP contribution in [-0.2, 0) is 11.3 Å². The lowest BCUT2D eigenvalue weighted by Gasteiger charge is -2.23. The lowest BCUT2D eigenvalue weighted by molar-refractivity contribution is -0.120. The van der Waals surface area contributed by atoms with Crippen LogP contribution in [0.5, 0.6) is 0 Å². The van der Waals surface area contributed by atoms with Crippen LogP contribution in [0.15, 0.2) is 35.3 Å². The summed E-state index contributed by atoms with van der Waals surface area (Å²) in [7, 11) is 1.76.